The van der Waals surface area contributed by atoms with E-state index < -0.39 is 0 Å². The van der Waals surface area contributed by atoms with E-state index in [-0.39, 0.29) is 11.1 Å². The predicted octanol–water partition coefficient (Wildman–Crippen LogP) is 2.84. The Balaban J connectivity index is 2.20. The molecule has 2 heterocycles. The molecule has 2 rings (SSSR count). The Labute approximate surface area is 117 Å². The molecule has 0 aliphatic heterocycles. The zero-order chi connectivity index (χ0) is 13.8. The van der Waals surface area contributed by atoms with Crippen molar-refractivity contribution in [1.29, 1.82) is 0 Å². The molecule has 2 aromatic rings. The third-order valence-electron chi connectivity index (χ3n) is 2.62. The molecular weight excluding hydrogens is 262 g/mol. The Hall–Kier alpha value is -1.88. The Morgan fingerprint density at radius 1 is 1.37 bits per heavy atom. The third kappa shape index (κ3) is 3.32. The van der Waals surface area contributed by atoms with Crippen LogP contribution >= 0.6 is 11.6 Å². The molecule has 0 saturated carbocycles. The van der Waals surface area contributed by atoms with Crippen molar-refractivity contribution in [3.05, 3.63) is 41.1 Å². The van der Waals surface area contributed by atoms with E-state index in [4.69, 9.17) is 17.3 Å². The van der Waals surface area contributed by atoms with E-state index in [1.807, 2.05) is 26.0 Å². The number of rotatable bonds is 4. The summed E-state index contributed by atoms with van der Waals surface area (Å²) in [4.78, 5) is 12.6. The maximum atomic E-state index is 6.02. The van der Waals surface area contributed by atoms with Gasteiger partial charge in [0.15, 0.2) is 11.0 Å². The van der Waals surface area contributed by atoms with Crippen LogP contribution < -0.4 is 11.1 Å². The van der Waals surface area contributed by atoms with E-state index in [9.17, 15) is 0 Å². The highest BCUT2D eigenvalue weighted by molar-refractivity contribution is 6.32. The van der Waals surface area contributed by atoms with Crippen LogP contribution in [0.4, 0.5) is 11.5 Å². The molecule has 5 nitrogen and oxygen atoms in total. The molecule has 100 valence electrons. The highest BCUT2D eigenvalue weighted by Crippen LogP contribution is 2.26. The van der Waals surface area contributed by atoms with Gasteiger partial charge in [-0.3, -0.25) is 4.98 Å². The molecule has 0 bridgehead atoms. The molecule has 0 atom stereocenters. The minimum absolute atomic E-state index is 0.192. The number of aromatic nitrogens is 3. The van der Waals surface area contributed by atoms with E-state index in [0.717, 1.165) is 5.56 Å². The number of hydrogen-bond donors (Lipinski definition) is 2. The molecule has 0 aliphatic carbocycles. The lowest BCUT2D eigenvalue weighted by atomic mass is 10.2. The molecular formula is C13H16ClN5. The SMILES string of the molecule is CC(C)c1nc(Cl)c(N)c(NCc2cccnc2)n1. The molecule has 0 aromatic carbocycles. The van der Waals surface area contributed by atoms with Gasteiger partial charge in [-0.2, -0.15) is 0 Å². The number of nitrogen functional groups attached to an aromatic ring is 1. The van der Waals surface area contributed by atoms with Gasteiger partial charge in [0.1, 0.15) is 11.5 Å². The van der Waals surface area contributed by atoms with Crippen molar-refractivity contribution in [2.75, 3.05) is 11.1 Å². The summed E-state index contributed by atoms with van der Waals surface area (Å²) in [7, 11) is 0. The summed E-state index contributed by atoms with van der Waals surface area (Å²) < 4.78 is 0. The summed E-state index contributed by atoms with van der Waals surface area (Å²) in [6.45, 7) is 4.60. The highest BCUT2D eigenvalue weighted by Gasteiger charge is 2.12. The van der Waals surface area contributed by atoms with Crippen LogP contribution in [0.3, 0.4) is 0 Å². The van der Waals surface area contributed by atoms with Crippen molar-refractivity contribution in [3.8, 4) is 0 Å². The van der Waals surface area contributed by atoms with Crippen molar-refractivity contribution in [2.24, 2.45) is 0 Å². The minimum atomic E-state index is 0.192. The van der Waals surface area contributed by atoms with Gasteiger partial charge in [0.2, 0.25) is 0 Å². The summed E-state index contributed by atoms with van der Waals surface area (Å²) in [5, 5.41) is 3.45. The standard InChI is InChI=1S/C13H16ClN5/c1-8(2)12-18-11(14)10(15)13(19-12)17-7-9-4-3-5-16-6-9/h3-6,8H,7,15H2,1-2H3,(H,17,18,19). The van der Waals surface area contributed by atoms with Crippen LogP contribution in [-0.2, 0) is 6.54 Å². The molecule has 0 saturated heterocycles. The van der Waals surface area contributed by atoms with Crippen LogP contribution in [0, 0.1) is 0 Å². The molecule has 0 fully saturated rings. The first-order valence-corrected chi connectivity index (χ1v) is 6.41. The van der Waals surface area contributed by atoms with Crippen LogP contribution in [0.2, 0.25) is 5.15 Å². The number of nitrogens with one attached hydrogen (secondary N) is 1. The maximum Gasteiger partial charge on any atom is 0.157 e. The number of hydrogen-bond acceptors (Lipinski definition) is 5. The van der Waals surface area contributed by atoms with Gasteiger partial charge in [0.25, 0.3) is 0 Å². The number of pyridine rings is 1. The summed E-state index contributed by atoms with van der Waals surface area (Å²) >= 11 is 6.02. The Morgan fingerprint density at radius 2 is 2.16 bits per heavy atom. The van der Waals surface area contributed by atoms with Gasteiger partial charge < -0.3 is 11.1 Å². The van der Waals surface area contributed by atoms with Gasteiger partial charge in [-0.25, -0.2) is 9.97 Å². The average Bonchev–Trinajstić information content (AvgIpc) is 2.41. The van der Waals surface area contributed by atoms with Crippen LogP contribution in [-0.4, -0.2) is 15.0 Å². The third-order valence-corrected chi connectivity index (χ3v) is 2.90. The van der Waals surface area contributed by atoms with E-state index in [2.05, 4.69) is 20.3 Å². The molecule has 19 heavy (non-hydrogen) atoms. The van der Waals surface area contributed by atoms with E-state index in [1.54, 1.807) is 12.4 Å². The first kappa shape index (κ1) is 13.5. The van der Waals surface area contributed by atoms with E-state index in [0.29, 0.717) is 23.9 Å². The lowest BCUT2D eigenvalue weighted by Crippen LogP contribution is -2.09. The number of anilines is 2. The topological polar surface area (TPSA) is 76.7 Å². The van der Waals surface area contributed by atoms with Crippen LogP contribution in [0.15, 0.2) is 24.5 Å². The zero-order valence-corrected chi connectivity index (χ0v) is 11.6. The number of nitrogens with two attached hydrogens (primary N) is 1. The first-order chi connectivity index (χ1) is 9.08. The molecule has 2 aromatic heterocycles. The van der Waals surface area contributed by atoms with Crippen LogP contribution in [0.1, 0.15) is 31.2 Å². The monoisotopic (exact) mass is 277 g/mol. The normalized spacial score (nSPS) is 10.7. The molecule has 0 radical (unpaired) electrons. The van der Waals surface area contributed by atoms with Crippen molar-refractivity contribution >= 4 is 23.1 Å². The molecule has 0 aliphatic rings. The second-order valence-corrected chi connectivity index (χ2v) is 4.86. The van der Waals surface area contributed by atoms with Crippen molar-refractivity contribution in [2.45, 2.75) is 26.3 Å². The minimum Gasteiger partial charge on any atom is -0.393 e. The first-order valence-electron chi connectivity index (χ1n) is 6.03. The van der Waals surface area contributed by atoms with Gasteiger partial charge in [0.05, 0.1) is 0 Å². The number of nitrogens with zero attached hydrogens (tertiary/aromatic N) is 3. The Bertz CT molecular complexity index is 556. The quantitative estimate of drug-likeness (QED) is 0.841. The van der Waals surface area contributed by atoms with Gasteiger partial charge in [0, 0.05) is 24.9 Å². The van der Waals surface area contributed by atoms with Gasteiger partial charge in [-0.1, -0.05) is 31.5 Å². The summed E-state index contributed by atoms with van der Waals surface area (Å²) in [6, 6.07) is 3.86. The van der Waals surface area contributed by atoms with Crippen LogP contribution in [0.25, 0.3) is 0 Å². The maximum absolute atomic E-state index is 6.02. The van der Waals surface area contributed by atoms with Crippen molar-refractivity contribution in [1.82, 2.24) is 15.0 Å². The Morgan fingerprint density at radius 3 is 2.79 bits per heavy atom. The lowest BCUT2D eigenvalue weighted by molar-refractivity contribution is 0.775. The highest BCUT2D eigenvalue weighted by atomic mass is 35.5. The molecule has 0 amide bonds. The lowest BCUT2D eigenvalue weighted by Gasteiger charge is -2.12. The van der Waals surface area contributed by atoms with Crippen LogP contribution in [0.5, 0.6) is 0 Å². The smallest absolute Gasteiger partial charge is 0.157 e. The summed E-state index contributed by atoms with van der Waals surface area (Å²) in [5.41, 5.74) is 7.30. The number of halogens is 1. The Kier molecular flexibility index (Phi) is 4.16. The predicted molar refractivity (Wildman–Crippen MR) is 77.1 cm³/mol. The molecule has 0 unspecified atom stereocenters. The van der Waals surface area contributed by atoms with E-state index in [1.165, 1.54) is 0 Å². The fourth-order valence-electron chi connectivity index (χ4n) is 1.54. The fraction of sp³-hybridized carbons (Fsp3) is 0.308. The zero-order valence-electron chi connectivity index (χ0n) is 10.9. The second kappa shape index (κ2) is 5.84. The summed E-state index contributed by atoms with van der Waals surface area (Å²) in [6.07, 6.45) is 3.52. The summed E-state index contributed by atoms with van der Waals surface area (Å²) in [5.74, 6) is 1.43. The van der Waals surface area contributed by atoms with Gasteiger partial charge >= 0.3 is 0 Å². The van der Waals surface area contributed by atoms with Gasteiger partial charge in [-0.05, 0) is 11.6 Å². The van der Waals surface area contributed by atoms with Crippen molar-refractivity contribution < 1.29 is 0 Å². The molecule has 0 spiro atoms. The molecule has 3 N–H and O–H groups in total. The molecule has 6 heteroatoms. The second-order valence-electron chi connectivity index (χ2n) is 4.50. The van der Waals surface area contributed by atoms with Crippen molar-refractivity contribution in [3.63, 3.8) is 0 Å². The van der Waals surface area contributed by atoms with Gasteiger partial charge in [-0.15, -0.1) is 0 Å². The average molecular weight is 278 g/mol. The fourth-order valence-corrected chi connectivity index (χ4v) is 1.72. The van der Waals surface area contributed by atoms with E-state index >= 15 is 0 Å². The largest absolute Gasteiger partial charge is 0.393 e.